The molecule has 1 aliphatic carbocycles. The smallest absolute Gasteiger partial charge is 0.339 e. The summed E-state index contributed by atoms with van der Waals surface area (Å²) in [6.07, 6.45) is 7.83. The van der Waals surface area contributed by atoms with Crippen LogP contribution in [0.4, 0.5) is 5.69 Å². The van der Waals surface area contributed by atoms with Gasteiger partial charge in [0, 0.05) is 12.4 Å². The number of hydrogen-bond acceptors (Lipinski definition) is 4. The standard InChI is InChI=1S/C12H16N2O2/c13-11-5-10(6-14-7-11)12(15)16-8-9-3-1-2-4-9/h5-7,9H,1-4,8,13H2. The lowest BCUT2D eigenvalue weighted by molar-refractivity contribution is 0.0442. The van der Waals surface area contributed by atoms with E-state index in [1.807, 2.05) is 0 Å². The Bertz CT molecular complexity index is 373. The van der Waals surface area contributed by atoms with Gasteiger partial charge in [0.1, 0.15) is 0 Å². The van der Waals surface area contributed by atoms with E-state index >= 15 is 0 Å². The maximum absolute atomic E-state index is 11.6. The highest BCUT2D eigenvalue weighted by atomic mass is 16.5. The molecule has 0 amide bonds. The molecular weight excluding hydrogens is 204 g/mol. The van der Waals surface area contributed by atoms with E-state index in [1.54, 1.807) is 6.07 Å². The number of nitrogen functional groups attached to an aromatic ring is 1. The highest BCUT2D eigenvalue weighted by Gasteiger charge is 2.17. The molecule has 0 spiro atoms. The average Bonchev–Trinajstić information content (AvgIpc) is 2.78. The van der Waals surface area contributed by atoms with E-state index in [1.165, 1.54) is 38.1 Å². The molecule has 0 aromatic carbocycles. The Kier molecular flexibility index (Phi) is 3.39. The molecule has 1 aromatic rings. The Balaban J connectivity index is 1.87. The SMILES string of the molecule is Nc1cncc(C(=O)OCC2CCCC2)c1. The molecule has 0 radical (unpaired) electrons. The Morgan fingerprint density at radius 2 is 2.19 bits per heavy atom. The lowest BCUT2D eigenvalue weighted by atomic mass is 10.1. The summed E-state index contributed by atoms with van der Waals surface area (Å²) in [5.41, 5.74) is 6.45. The van der Waals surface area contributed by atoms with E-state index in [4.69, 9.17) is 10.5 Å². The minimum Gasteiger partial charge on any atom is -0.462 e. The number of anilines is 1. The van der Waals surface area contributed by atoms with Gasteiger partial charge >= 0.3 is 5.97 Å². The summed E-state index contributed by atoms with van der Waals surface area (Å²) in [5, 5.41) is 0. The second kappa shape index (κ2) is 4.96. The molecule has 1 fully saturated rings. The molecule has 0 aliphatic heterocycles. The van der Waals surface area contributed by atoms with Gasteiger partial charge in [-0.3, -0.25) is 4.98 Å². The number of carbonyl (C=O) groups excluding carboxylic acids is 1. The molecule has 0 saturated heterocycles. The summed E-state index contributed by atoms with van der Waals surface area (Å²) in [6.45, 7) is 0.521. The zero-order chi connectivity index (χ0) is 11.4. The van der Waals surface area contributed by atoms with Gasteiger partial charge in [-0.05, 0) is 24.8 Å². The molecule has 4 heteroatoms. The highest BCUT2D eigenvalue weighted by molar-refractivity contribution is 5.89. The van der Waals surface area contributed by atoms with E-state index in [2.05, 4.69) is 4.98 Å². The topological polar surface area (TPSA) is 65.2 Å². The number of carbonyl (C=O) groups is 1. The molecule has 1 heterocycles. The van der Waals surface area contributed by atoms with Gasteiger partial charge < -0.3 is 10.5 Å². The van der Waals surface area contributed by atoms with Gasteiger partial charge in [-0.2, -0.15) is 0 Å². The van der Waals surface area contributed by atoms with Gasteiger partial charge in [0.15, 0.2) is 0 Å². The Hall–Kier alpha value is -1.58. The minimum atomic E-state index is -0.327. The first-order valence-electron chi connectivity index (χ1n) is 5.63. The molecule has 4 nitrogen and oxygen atoms in total. The first-order chi connectivity index (χ1) is 7.75. The van der Waals surface area contributed by atoms with Gasteiger partial charge in [-0.1, -0.05) is 12.8 Å². The van der Waals surface area contributed by atoms with Crippen molar-refractivity contribution in [2.24, 2.45) is 5.92 Å². The van der Waals surface area contributed by atoms with Gasteiger partial charge in [0.25, 0.3) is 0 Å². The fourth-order valence-electron chi connectivity index (χ4n) is 2.02. The van der Waals surface area contributed by atoms with Crippen molar-refractivity contribution in [2.75, 3.05) is 12.3 Å². The number of rotatable bonds is 3. The number of esters is 1. The number of pyridine rings is 1. The zero-order valence-electron chi connectivity index (χ0n) is 9.19. The lowest BCUT2D eigenvalue weighted by Gasteiger charge is -2.09. The quantitative estimate of drug-likeness (QED) is 0.791. The summed E-state index contributed by atoms with van der Waals surface area (Å²) in [7, 11) is 0. The van der Waals surface area contributed by atoms with E-state index in [9.17, 15) is 4.79 Å². The molecule has 1 saturated carbocycles. The zero-order valence-corrected chi connectivity index (χ0v) is 9.19. The summed E-state index contributed by atoms with van der Waals surface area (Å²) in [4.78, 5) is 15.5. The summed E-state index contributed by atoms with van der Waals surface area (Å²) in [6, 6.07) is 1.59. The summed E-state index contributed by atoms with van der Waals surface area (Å²) < 4.78 is 5.23. The van der Waals surface area contributed by atoms with Crippen molar-refractivity contribution in [1.82, 2.24) is 4.98 Å². The van der Waals surface area contributed by atoms with Crippen LogP contribution in [0.3, 0.4) is 0 Å². The van der Waals surface area contributed by atoms with Crippen molar-refractivity contribution in [3.8, 4) is 0 Å². The second-order valence-corrected chi connectivity index (χ2v) is 4.26. The Labute approximate surface area is 94.8 Å². The lowest BCUT2D eigenvalue weighted by Crippen LogP contribution is -2.12. The van der Waals surface area contributed by atoms with Gasteiger partial charge in [0.05, 0.1) is 17.9 Å². The summed E-state index contributed by atoms with van der Waals surface area (Å²) >= 11 is 0. The van der Waals surface area contributed by atoms with Gasteiger partial charge in [0.2, 0.25) is 0 Å². The highest BCUT2D eigenvalue weighted by Crippen LogP contribution is 2.24. The van der Waals surface area contributed by atoms with Crippen molar-refractivity contribution < 1.29 is 9.53 Å². The third-order valence-corrected chi connectivity index (χ3v) is 2.92. The van der Waals surface area contributed by atoms with E-state index in [0.29, 0.717) is 23.8 Å². The molecule has 0 atom stereocenters. The maximum atomic E-state index is 11.6. The van der Waals surface area contributed by atoms with E-state index in [0.717, 1.165) is 0 Å². The van der Waals surface area contributed by atoms with Crippen LogP contribution in [-0.4, -0.2) is 17.6 Å². The van der Waals surface area contributed by atoms with Crippen LogP contribution in [0, 0.1) is 5.92 Å². The monoisotopic (exact) mass is 220 g/mol. The van der Waals surface area contributed by atoms with Crippen LogP contribution in [-0.2, 0) is 4.74 Å². The van der Waals surface area contributed by atoms with Gasteiger partial charge in [-0.25, -0.2) is 4.79 Å². The van der Waals surface area contributed by atoms with Crippen LogP contribution in [0.5, 0.6) is 0 Å². The second-order valence-electron chi connectivity index (χ2n) is 4.26. The van der Waals surface area contributed by atoms with Crippen LogP contribution in [0.25, 0.3) is 0 Å². The predicted molar refractivity (Wildman–Crippen MR) is 60.9 cm³/mol. The first kappa shape index (κ1) is 10.9. The normalized spacial score (nSPS) is 16.2. The molecule has 1 aromatic heterocycles. The van der Waals surface area contributed by atoms with Crippen LogP contribution < -0.4 is 5.73 Å². The average molecular weight is 220 g/mol. The molecule has 1 aliphatic rings. The summed E-state index contributed by atoms with van der Waals surface area (Å²) in [5.74, 6) is 0.213. The van der Waals surface area contributed by atoms with Crippen LogP contribution in [0.2, 0.25) is 0 Å². The first-order valence-corrected chi connectivity index (χ1v) is 5.63. The number of hydrogen-bond donors (Lipinski definition) is 1. The van der Waals surface area contributed by atoms with Crippen molar-refractivity contribution in [1.29, 1.82) is 0 Å². The number of nitrogens with zero attached hydrogens (tertiary/aromatic N) is 1. The third-order valence-electron chi connectivity index (χ3n) is 2.92. The van der Waals surface area contributed by atoms with Crippen LogP contribution in [0.1, 0.15) is 36.0 Å². The number of ether oxygens (including phenoxy) is 1. The Morgan fingerprint density at radius 3 is 2.88 bits per heavy atom. The van der Waals surface area contributed by atoms with Crippen molar-refractivity contribution in [2.45, 2.75) is 25.7 Å². The van der Waals surface area contributed by atoms with E-state index in [-0.39, 0.29) is 5.97 Å². The fraction of sp³-hybridized carbons (Fsp3) is 0.500. The van der Waals surface area contributed by atoms with Crippen LogP contribution in [0.15, 0.2) is 18.5 Å². The predicted octanol–water partition coefficient (Wildman–Crippen LogP) is 2.01. The molecule has 2 rings (SSSR count). The van der Waals surface area contributed by atoms with Crippen molar-refractivity contribution in [3.05, 3.63) is 24.0 Å². The van der Waals surface area contributed by atoms with Gasteiger partial charge in [-0.15, -0.1) is 0 Å². The number of aromatic nitrogens is 1. The molecule has 0 bridgehead atoms. The molecule has 86 valence electrons. The van der Waals surface area contributed by atoms with Crippen molar-refractivity contribution in [3.63, 3.8) is 0 Å². The third kappa shape index (κ3) is 2.72. The molecule has 2 N–H and O–H groups in total. The van der Waals surface area contributed by atoms with E-state index < -0.39 is 0 Å². The Morgan fingerprint density at radius 1 is 1.44 bits per heavy atom. The maximum Gasteiger partial charge on any atom is 0.339 e. The van der Waals surface area contributed by atoms with Crippen molar-refractivity contribution >= 4 is 11.7 Å². The molecule has 0 unspecified atom stereocenters. The molecular formula is C12H16N2O2. The molecule has 16 heavy (non-hydrogen) atoms. The fourth-order valence-corrected chi connectivity index (χ4v) is 2.02. The van der Waals surface area contributed by atoms with Crippen LogP contribution >= 0.6 is 0 Å². The minimum absolute atomic E-state index is 0.327. The number of nitrogens with two attached hydrogens (primary N) is 1. The largest absolute Gasteiger partial charge is 0.462 e.